The van der Waals surface area contributed by atoms with Crippen molar-refractivity contribution < 1.29 is 18.8 Å². The van der Waals surface area contributed by atoms with E-state index in [1.54, 1.807) is 46.4 Å². The molecule has 0 spiro atoms. The zero-order chi connectivity index (χ0) is 22.2. The summed E-state index contributed by atoms with van der Waals surface area (Å²) >= 11 is 1.55. The van der Waals surface area contributed by atoms with Crippen LogP contribution in [0.25, 0.3) is 0 Å². The highest BCUT2D eigenvalue weighted by atomic mass is 32.1. The third kappa shape index (κ3) is 3.40. The van der Waals surface area contributed by atoms with Crippen LogP contribution in [0.2, 0.25) is 0 Å². The molecule has 0 saturated carbocycles. The summed E-state index contributed by atoms with van der Waals surface area (Å²) in [6, 6.07) is 14.3. The van der Waals surface area contributed by atoms with E-state index < -0.39 is 5.92 Å². The number of likely N-dealkylation sites (N-methyl/N-ethyl adjacent to an activating group) is 1. The molecule has 1 aromatic carbocycles. The Morgan fingerprint density at radius 2 is 1.72 bits per heavy atom. The Bertz CT molecular complexity index is 1130. The second-order valence-corrected chi connectivity index (χ2v) is 9.02. The number of thiophene rings is 1. The number of furan rings is 1. The van der Waals surface area contributed by atoms with Crippen molar-refractivity contribution in [2.75, 3.05) is 33.2 Å². The maximum atomic E-state index is 13.8. The van der Waals surface area contributed by atoms with E-state index in [9.17, 15) is 14.4 Å². The van der Waals surface area contributed by atoms with Gasteiger partial charge in [-0.3, -0.25) is 14.4 Å². The minimum Gasteiger partial charge on any atom is -0.459 e. The number of carbonyl (C=O) groups is 3. The van der Waals surface area contributed by atoms with Crippen molar-refractivity contribution in [3.8, 4) is 0 Å². The number of fused-ring (bicyclic) bond motifs is 1. The van der Waals surface area contributed by atoms with Crippen molar-refractivity contribution in [2.45, 2.75) is 12.0 Å². The van der Waals surface area contributed by atoms with Crippen LogP contribution in [0.4, 0.5) is 0 Å². The summed E-state index contributed by atoms with van der Waals surface area (Å²) in [6.07, 6.45) is 1.48. The molecule has 8 heteroatoms. The lowest BCUT2D eigenvalue weighted by molar-refractivity contribution is -0.136. The second-order valence-electron chi connectivity index (χ2n) is 8.04. The zero-order valence-electron chi connectivity index (χ0n) is 17.6. The Hall–Kier alpha value is -3.39. The van der Waals surface area contributed by atoms with E-state index in [1.165, 1.54) is 6.26 Å². The lowest BCUT2D eigenvalue weighted by Gasteiger charge is -2.42. The minimum absolute atomic E-state index is 0.0136. The maximum absolute atomic E-state index is 13.8. The Kier molecular flexibility index (Phi) is 5.30. The third-order valence-electron chi connectivity index (χ3n) is 6.29. The van der Waals surface area contributed by atoms with E-state index in [1.807, 2.05) is 40.6 Å². The molecule has 7 nitrogen and oxygen atoms in total. The molecule has 2 unspecified atom stereocenters. The SMILES string of the molecule is CN1C(=O)c2ccccc2C(C(=O)N2CCN(C(=O)c3ccco3)CC2)C1c1cccs1. The van der Waals surface area contributed by atoms with Crippen LogP contribution in [-0.4, -0.2) is 65.6 Å². The van der Waals surface area contributed by atoms with E-state index in [4.69, 9.17) is 4.42 Å². The summed E-state index contributed by atoms with van der Waals surface area (Å²) in [7, 11) is 1.77. The van der Waals surface area contributed by atoms with Gasteiger partial charge in [0.05, 0.1) is 18.2 Å². The number of rotatable bonds is 3. The molecule has 0 radical (unpaired) electrons. The molecule has 3 aromatic rings. The monoisotopic (exact) mass is 449 g/mol. The number of benzene rings is 1. The third-order valence-corrected chi connectivity index (χ3v) is 7.23. The topological polar surface area (TPSA) is 74.1 Å². The van der Waals surface area contributed by atoms with E-state index in [2.05, 4.69) is 0 Å². The summed E-state index contributed by atoms with van der Waals surface area (Å²) in [5.74, 6) is -0.423. The predicted molar refractivity (Wildman–Crippen MR) is 120 cm³/mol. The van der Waals surface area contributed by atoms with E-state index in [0.29, 0.717) is 37.5 Å². The van der Waals surface area contributed by atoms with Gasteiger partial charge in [-0.1, -0.05) is 24.3 Å². The molecule has 2 atom stereocenters. The summed E-state index contributed by atoms with van der Waals surface area (Å²) < 4.78 is 5.23. The molecule has 164 valence electrons. The first-order valence-electron chi connectivity index (χ1n) is 10.6. The Morgan fingerprint density at radius 1 is 0.969 bits per heavy atom. The fourth-order valence-corrected chi connectivity index (χ4v) is 5.54. The van der Waals surface area contributed by atoms with Gasteiger partial charge in [0.25, 0.3) is 11.8 Å². The highest BCUT2D eigenvalue weighted by Gasteiger charge is 2.45. The average molecular weight is 450 g/mol. The van der Waals surface area contributed by atoms with Crippen molar-refractivity contribution in [1.82, 2.24) is 14.7 Å². The number of hydrogen-bond donors (Lipinski definition) is 0. The zero-order valence-corrected chi connectivity index (χ0v) is 18.5. The standard InChI is InChI=1S/C24H23N3O4S/c1-25-21(19-9-5-15-32-19)20(16-6-2-3-7-17(16)22(25)28)24(30)27-12-10-26(11-13-27)23(29)18-8-4-14-31-18/h2-9,14-15,20-21H,10-13H2,1H3. The van der Waals surface area contributed by atoms with Gasteiger partial charge in [-0.05, 0) is 35.2 Å². The maximum Gasteiger partial charge on any atom is 0.289 e. The molecule has 1 fully saturated rings. The van der Waals surface area contributed by atoms with Gasteiger partial charge >= 0.3 is 0 Å². The first-order chi connectivity index (χ1) is 15.6. The molecule has 2 aromatic heterocycles. The molecule has 0 N–H and O–H groups in total. The Labute approximate surface area is 189 Å². The fourth-order valence-electron chi connectivity index (χ4n) is 4.64. The van der Waals surface area contributed by atoms with Gasteiger partial charge in [0, 0.05) is 43.7 Å². The average Bonchev–Trinajstić information content (AvgIpc) is 3.55. The van der Waals surface area contributed by atoms with Gasteiger partial charge in [-0.2, -0.15) is 0 Å². The van der Waals surface area contributed by atoms with Crippen LogP contribution in [-0.2, 0) is 4.79 Å². The van der Waals surface area contributed by atoms with Gasteiger partial charge in [-0.15, -0.1) is 11.3 Å². The molecular formula is C24H23N3O4S. The molecule has 2 aliphatic rings. The number of amides is 3. The van der Waals surface area contributed by atoms with Crippen molar-refractivity contribution >= 4 is 29.1 Å². The lowest BCUT2D eigenvalue weighted by Crippen LogP contribution is -2.53. The number of nitrogens with zero attached hydrogens (tertiary/aromatic N) is 3. The van der Waals surface area contributed by atoms with Crippen LogP contribution < -0.4 is 0 Å². The Balaban J connectivity index is 1.42. The van der Waals surface area contributed by atoms with Crippen molar-refractivity contribution in [2.24, 2.45) is 0 Å². The molecule has 1 saturated heterocycles. The smallest absolute Gasteiger partial charge is 0.289 e. The summed E-state index contributed by atoms with van der Waals surface area (Å²) in [4.78, 5) is 45.7. The van der Waals surface area contributed by atoms with Crippen LogP contribution in [0, 0.1) is 0 Å². The first-order valence-corrected chi connectivity index (χ1v) is 11.5. The highest BCUT2D eigenvalue weighted by Crippen LogP contribution is 2.44. The van der Waals surface area contributed by atoms with Gasteiger partial charge in [0.1, 0.15) is 0 Å². The summed E-state index contributed by atoms with van der Waals surface area (Å²) in [5.41, 5.74) is 1.35. The molecule has 0 aliphatic carbocycles. The molecule has 3 amide bonds. The van der Waals surface area contributed by atoms with E-state index in [-0.39, 0.29) is 23.8 Å². The highest BCUT2D eigenvalue weighted by molar-refractivity contribution is 7.10. The van der Waals surface area contributed by atoms with Crippen molar-refractivity contribution in [3.63, 3.8) is 0 Å². The van der Waals surface area contributed by atoms with E-state index >= 15 is 0 Å². The van der Waals surface area contributed by atoms with Crippen LogP contribution in [0.1, 0.15) is 43.3 Å². The van der Waals surface area contributed by atoms with Gasteiger partial charge in [0.15, 0.2) is 5.76 Å². The molecule has 5 rings (SSSR count). The lowest BCUT2D eigenvalue weighted by atomic mass is 9.81. The molecule has 4 heterocycles. The number of piperazine rings is 1. The largest absolute Gasteiger partial charge is 0.459 e. The fraction of sp³-hybridized carbons (Fsp3) is 0.292. The summed E-state index contributed by atoms with van der Waals surface area (Å²) in [6.45, 7) is 1.77. The molecule has 32 heavy (non-hydrogen) atoms. The van der Waals surface area contributed by atoms with Crippen molar-refractivity contribution in [3.05, 3.63) is 81.9 Å². The number of hydrogen-bond acceptors (Lipinski definition) is 5. The van der Waals surface area contributed by atoms with E-state index in [0.717, 1.165) is 10.4 Å². The quantitative estimate of drug-likeness (QED) is 0.615. The van der Waals surface area contributed by atoms with Gasteiger partial charge in [-0.25, -0.2) is 0 Å². The minimum atomic E-state index is -0.486. The molecule has 2 aliphatic heterocycles. The summed E-state index contributed by atoms with van der Waals surface area (Å²) in [5, 5.41) is 1.97. The van der Waals surface area contributed by atoms with Crippen LogP contribution in [0.5, 0.6) is 0 Å². The van der Waals surface area contributed by atoms with Crippen molar-refractivity contribution in [1.29, 1.82) is 0 Å². The first kappa shape index (κ1) is 20.5. The van der Waals surface area contributed by atoms with Crippen LogP contribution in [0.15, 0.2) is 64.6 Å². The predicted octanol–water partition coefficient (Wildman–Crippen LogP) is 3.24. The Morgan fingerprint density at radius 3 is 2.41 bits per heavy atom. The number of carbonyl (C=O) groups excluding carboxylic acids is 3. The van der Waals surface area contributed by atoms with Crippen LogP contribution in [0.3, 0.4) is 0 Å². The molecule has 0 bridgehead atoms. The van der Waals surface area contributed by atoms with Gasteiger partial charge < -0.3 is 19.1 Å². The van der Waals surface area contributed by atoms with Crippen LogP contribution >= 0.6 is 11.3 Å². The second kappa shape index (κ2) is 8.27. The van der Waals surface area contributed by atoms with Gasteiger partial charge in [0.2, 0.25) is 5.91 Å². The normalized spacial score (nSPS) is 20.9. The molecular weight excluding hydrogens is 426 g/mol.